The van der Waals surface area contributed by atoms with E-state index in [9.17, 15) is 4.79 Å². The maximum absolute atomic E-state index is 12.4. The number of carbonyl (C=O) groups excluding carboxylic acids is 1. The quantitative estimate of drug-likeness (QED) is 0.391. The number of nitrogens with zero attached hydrogens (tertiary/aromatic N) is 5. The van der Waals surface area contributed by atoms with E-state index in [1.165, 1.54) is 0 Å². The molecule has 0 saturated heterocycles. The number of anilines is 3. The molecule has 0 spiro atoms. The molecule has 4 aromatic heterocycles. The summed E-state index contributed by atoms with van der Waals surface area (Å²) in [5, 5.41) is 12.6. The molecular weight excluding hydrogens is 410 g/mol. The molecule has 1 saturated carbocycles. The minimum Gasteiger partial charge on any atom is -0.383 e. The van der Waals surface area contributed by atoms with Crippen molar-refractivity contribution < 1.29 is 9.32 Å². The third-order valence-corrected chi connectivity index (χ3v) is 5.66. The van der Waals surface area contributed by atoms with Gasteiger partial charge in [0.2, 0.25) is 5.88 Å². The van der Waals surface area contributed by atoms with E-state index in [-0.39, 0.29) is 5.88 Å². The summed E-state index contributed by atoms with van der Waals surface area (Å²) in [6.07, 6.45) is 7.99. The Balaban J connectivity index is 1.38. The van der Waals surface area contributed by atoms with Gasteiger partial charge >= 0.3 is 6.03 Å². The van der Waals surface area contributed by atoms with Crippen molar-refractivity contribution in [3.05, 3.63) is 48.0 Å². The lowest BCUT2D eigenvalue weighted by Crippen LogP contribution is -2.23. The van der Waals surface area contributed by atoms with Crippen LogP contribution in [0.3, 0.4) is 0 Å². The second-order valence-corrected chi connectivity index (χ2v) is 7.95. The topological polar surface area (TPSA) is 140 Å². The van der Waals surface area contributed by atoms with E-state index in [1.54, 1.807) is 19.2 Å². The number of hydrogen-bond donors (Lipinski definition) is 4. The minimum atomic E-state index is -0.448. The van der Waals surface area contributed by atoms with Gasteiger partial charge in [0.1, 0.15) is 18.3 Å². The van der Waals surface area contributed by atoms with Gasteiger partial charge in [0.15, 0.2) is 5.65 Å². The fourth-order valence-electron chi connectivity index (χ4n) is 4.10. The summed E-state index contributed by atoms with van der Waals surface area (Å²) >= 11 is 0. The molecule has 11 heteroatoms. The molecule has 4 aromatic rings. The van der Waals surface area contributed by atoms with E-state index >= 15 is 0 Å². The lowest BCUT2D eigenvalue weighted by molar-refractivity contribution is 0.261. The summed E-state index contributed by atoms with van der Waals surface area (Å²) in [5.41, 5.74) is 10.9. The van der Waals surface area contributed by atoms with Crippen LogP contribution >= 0.6 is 0 Å². The number of rotatable bonds is 4. The van der Waals surface area contributed by atoms with Crippen LogP contribution in [0.2, 0.25) is 0 Å². The highest BCUT2D eigenvalue weighted by Gasteiger charge is 2.31. The van der Waals surface area contributed by atoms with Gasteiger partial charge in [-0.15, -0.1) is 0 Å². The molecule has 2 aliphatic rings. The van der Waals surface area contributed by atoms with Crippen LogP contribution in [0.25, 0.3) is 16.9 Å². The van der Waals surface area contributed by atoms with Crippen molar-refractivity contribution in [2.45, 2.75) is 25.8 Å². The summed E-state index contributed by atoms with van der Waals surface area (Å²) < 4.78 is 9.23. The Morgan fingerprint density at radius 1 is 1.31 bits per heavy atom. The normalized spacial score (nSPS) is 15.2. The molecule has 0 atom stereocenters. The van der Waals surface area contributed by atoms with Gasteiger partial charge in [-0.3, -0.25) is 9.72 Å². The second-order valence-electron chi connectivity index (χ2n) is 7.95. The Kier molecular flexibility index (Phi) is 3.97. The molecule has 11 nitrogen and oxygen atoms in total. The molecule has 32 heavy (non-hydrogen) atoms. The van der Waals surface area contributed by atoms with Crippen molar-refractivity contribution in [3.8, 4) is 11.3 Å². The predicted octanol–water partition coefficient (Wildman–Crippen LogP) is 3.17. The SMILES string of the molecule is Cc1cc(NC(=O)Nc2ccc(-c3cn(C4CC4)c4c3C(N)=NCN4)n3ccnc23)on1. The number of nitrogens with one attached hydrogen (secondary N) is 3. The standard InChI is InChI=1S/C21H21N9O2/c1-11-8-16(32-28-11)27-21(31)26-14-4-5-15(29-7-6-23-19(14)29)13-9-30(12-2-3-12)20-17(13)18(22)24-10-25-20/h4-9,12,25H,2-3,10H2,1H3,(H2,22,24)(H2,26,27,31). The first-order chi connectivity index (χ1) is 15.6. The molecule has 0 bridgehead atoms. The highest BCUT2D eigenvalue weighted by Crippen LogP contribution is 2.43. The average molecular weight is 431 g/mol. The van der Waals surface area contributed by atoms with E-state index in [0.29, 0.717) is 35.6 Å². The molecule has 1 aliphatic heterocycles. The number of urea groups is 1. The van der Waals surface area contributed by atoms with Crippen LogP contribution in [0.1, 0.15) is 30.1 Å². The summed E-state index contributed by atoms with van der Waals surface area (Å²) in [6, 6.07) is 5.45. The molecule has 0 aromatic carbocycles. The van der Waals surface area contributed by atoms with E-state index < -0.39 is 6.03 Å². The van der Waals surface area contributed by atoms with Crippen LogP contribution in [0.5, 0.6) is 0 Å². The Hall–Kier alpha value is -4.28. The Bertz CT molecular complexity index is 1390. The zero-order valence-corrected chi connectivity index (χ0v) is 17.3. The Morgan fingerprint density at radius 2 is 2.19 bits per heavy atom. The van der Waals surface area contributed by atoms with Crippen molar-refractivity contribution in [2.75, 3.05) is 22.6 Å². The molecule has 1 fully saturated rings. The van der Waals surface area contributed by atoms with Gasteiger partial charge in [-0.1, -0.05) is 5.16 Å². The van der Waals surface area contributed by atoms with Crippen LogP contribution in [-0.4, -0.2) is 37.6 Å². The lowest BCUT2D eigenvalue weighted by Gasteiger charge is -2.17. The van der Waals surface area contributed by atoms with Crippen molar-refractivity contribution in [3.63, 3.8) is 0 Å². The molecule has 2 amide bonds. The smallest absolute Gasteiger partial charge is 0.326 e. The summed E-state index contributed by atoms with van der Waals surface area (Å²) in [4.78, 5) is 21.3. The third-order valence-electron chi connectivity index (χ3n) is 5.66. The zero-order valence-electron chi connectivity index (χ0n) is 17.3. The second kappa shape index (κ2) is 6.87. The lowest BCUT2D eigenvalue weighted by atomic mass is 10.1. The Morgan fingerprint density at radius 3 is 2.97 bits per heavy atom. The number of amides is 2. The van der Waals surface area contributed by atoms with Gasteiger partial charge in [0.25, 0.3) is 0 Å². The number of aromatic nitrogens is 4. The van der Waals surface area contributed by atoms with Crippen LogP contribution in [0.4, 0.5) is 22.2 Å². The molecule has 162 valence electrons. The van der Waals surface area contributed by atoms with Crippen LogP contribution in [0.15, 0.2) is 46.3 Å². The number of fused-ring (bicyclic) bond motifs is 2. The number of imidazole rings is 1. The number of hydrogen-bond acceptors (Lipinski definition) is 7. The average Bonchev–Trinajstić information content (AvgIpc) is 3.17. The fraction of sp³-hybridized carbons (Fsp3) is 0.238. The first-order valence-electron chi connectivity index (χ1n) is 10.4. The summed E-state index contributed by atoms with van der Waals surface area (Å²) in [5.74, 6) is 1.80. The summed E-state index contributed by atoms with van der Waals surface area (Å²) in [6.45, 7) is 2.25. The molecule has 6 rings (SSSR count). The zero-order chi connectivity index (χ0) is 21.8. The fourth-order valence-corrected chi connectivity index (χ4v) is 4.10. The van der Waals surface area contributed by atoms with Crippen molar-refractivity contribution >= 4 is 34.9 Å². The number of aliphatic imine (C=N–C) groups is 1. The van der Waals surface area contributed by atoms with Gasteiger partial charge in [-0.2, -0.15) is 0 Å². The monoisotopic (exact) mass is 431 g/mol. The third kappa shape index (κ3) is 2.97. The molecular formula is C21H21N9O2. The molecule has 1 aliphatic carbocycles. The first kappa shape index (κ1) is 18.5. The van der Waals surface area contributed by atoms with E-state index in [0.717, 1.165) is 35.5 Å². The van der Waals surface area contributed by atoms with E-state index in [2.05, 4.69) is 41.8 Å². The van der Waals surface area contributed by atoms with Crippen LogP contribution in [-0.2, 0) is 0 Å². The maximum Gasteiger partial charge on any atom is 0.326 e. The number of carbonyl (C=O) groups is 1. The van der Waals surface area contributed by atoms with Gasteiger partial charge in [-0.25, -0.2) is 14.8 Å². The van der Waals surface area contributed by atoms with E-state index in [1.807, 2.05) is 22.7 Å². The van der Waals surface area contributed by atoms with Crippen LogP contribution < -0.4 is 21.7 Å². The van der Waals surface area contributed by atoms with Crippen molar-refractivity contribution in [1.82, 2.24) is 19.1 Å². The molecule has 0 unspecified atom stereocenters. The largest absolute Gasteiger partial charge is 0.383 e. The number of aryl methyl sites for hydroxylation is 1. The molecule has 5 heterocycles. The molecule has 0 radical (unpaired) electrons. The highest BCUT2D eigenvalue weighted by molar-refractivity contribution is 6.09. The van der Waals surface area contributed by atoms with Crippen LogP contribution in [0, 0.1) is 6.92 Å². The van der Waals surface area contributed by atoms with Gasteiger partial charge in [0, 0.05) is 36.3 Å². The van der Waals surface area contributed by atoms with Crippen molar-refractivity contribution in [2.24, 2.45) is 10.7 Å². The highest BCUT2D eigenvalue weighted by atomic mass is 16.5. The van der Waals surface area contributed by atoms with E-state index in [4.69, 9.17) is 10.3 Å². The van der Waals surface area contributed by atoms with Crippen molar-refractivity contribution in [1.29, 1.82) is 0 Å². The maximum atomic E-state index is 12.4. The number of nitrogens with two attached hydrogens (primary N) is 1. The predicted molar refractivity (Wildman–Crippen MR) is 120 cm³/mol. The van der Waals surface area contributed by atoms with Gasteiger partial charge < -0.3 is 25.5 Å². The minimum absolute atomic E-state index is 0.270. The van der Waals surface area contributed by atoms with Gasteiger partial charge in [0.05, 0.1) is 22.6 Å². The first-order valence-corrected chi connectivity index (χ1v) is 10.4. The Labute approximate surface area is 182 Å². The summed E-state index contributed by atoms with van der Waals surface area (Å²) in [7, 11) is 0. The number of pyridine rings is 1. The molecule has 5 N–H and O–H groups in total. The number of amidine groups is 1. The van der Waals surface area contributed by atoms with Gasteiger partial charge in [-0.05, 0) is 31.9 Å².